The number of aromatic nitrogens is 1. The fourth-order valence-electron chi connectivity index (χ4n) is 7.27. The van der Waals surface area contributed by atoms with Crippen LogP contribution in [0, 0.1) is 36.5 Å². The minimum atomic E-state index is -0.446. The van der Waals surface area contributed by atoms with Crippen molar-refractivity contribution in [1.82, 2.24) is 9.88 Å². The maximum Gasteiger partial charge on any atom is 0.305 e. The third-order valence-electron chi connectivity index (χ3n) is 8.70. The van der Waals surface area contributed by atoms with Crippen molar-refractivity contribution in [3.05, 3.63) is 74.2 Å². The molecule has 3 aromatic rings. The summed E-state index contributed by atoms with van der Waals surface area (Å²) < 4.78 is 0. The normalized spacial score (nSPS) is 30.8. The van der Waals surface area contributed by atoms with Crippen molar-refractivity contribution in [1.29, 1.82) is 0 Å². The highest BCUT2D eigenvalue weighted by Gasteiger charge is 2.69. The number of hydrogen-bond acceptors (Lipinski definition) is 7. The molecule has 8 nitrogen and oxygen atoms in total. The minimum Gasteiger partial charge on any atom is -0.508 e. The smallest absolute Gasteiger partial charge is 0.305 e. The van der Waals surface area contributed by atoms with E-state index in [0.29, 0.717) is 5.69 Å². The molecule has 2 aliphatic heterocycles. The van der Waals surface area contributed by atoms with Gasteiger partial charge < -0.3 is 15.4 Å². The van der Waals surface area contributed by atoms with Gasteiger partial charge in [-0.25, -0.2) is 0 Å². The molecule has 3 fully saturated rings. The van der Waals surface area contributed by atoms with Gasteiger partial charge in [-0.05, 0) is 60.9 Å². The number of aromatic amines is 1. The third-order valence-corrected chi connectivity index (χ3v) is 11.3. The van der Waals surface area contributed by atoms with Gasteiger partial charge in [-0.15, -0.1) is 11.8 Å². The van der Waals surface area contributed by atoms with E-state index >= 15 is 0 Å². The molecule has 2 bridgehead atoms. The van der Waals surface area contributed by atoms with Gasteiger partial charge in [0.2, 0.25) is 17.7 Å². The largest absolute Gasteiger partial charge is 0.508 e. The van der Waals surface area contributed by atoms with E-state index in [9.17, 15) is 24.3 Å². The lowest BCUT2D eigenvalue weighted by Gasteiger charge is -2.43. The lowest BCUT2D eigenvalue weighted by Crippen LogP contribution is -2.42. The van der Waals surface area contributed by atoms with Gasteiger partial charge in [0.15, 0.2) is 0 Å². The maximum atomic E-state index is 13.7. The molecule has 7 atom stereocenters. The van der Waals surface area contributed by atoms with E-state index in [1.54, 1.807) is 36.0 Å². The van der Waals surface area contributed by atoms with Gasteiger partial charge in [-0.3, -0.25) is 24.1 Å². The van der Waals surface area contributed by atoms with Gasteiger partial charge in [-0.1, -0.05) is 41.2 Å². The van der Waals surface area contributed by atoms with Crippen molar-refractivity contribution in [3.63, 3.8) is 0 Å². The van der Waals surface area contributed by atoms with E-state index in [2.05, 4.69) is 10.3 Å². The Morgan fingerprint density at radius 1 is 1.03 bits per heavy atom. The van der Waals surface area contributed by atoms with E-state index in [-0.39, 0.29) is 57.9 Å². The number of carbonyl (C=O) groups excluding carboxylic acids is 3. The fraction of sp³-hybridized carbons (Fsp3) is 0.357. The van der Waals surface area contributed by atoms with Crippen LogP contribution in [0.3, 0.4) is 0 Å². The summed E-state index contributed by atoms with van der Waals surface area (Å²) in [6.45, 7) is 1.67. The summed E-state index contributed by atoms with van der Waals surface area (Å²) in [6, 6.07) is 14.4. The number of rotatable bonds is 4. The lowest BCUT2D eigenvalue weighted by atomic mass is 9.68. The van der Waals surface area contributed by atoms with Crippen molar-refractivity contribution < 1.29 is 19.5 Å². The van der Waals surface area contributed by atoms with Gasteiger partial charge >= 0.3 is 4.87 Å². The van der Waals surface area contributed by atoms with Crippen molar-refractivity contribution in [2.45, 2.75) is 29.5 Å². The van der Waals surface area contributed by atoms with Crippen molar-refractivity contribution in [3.8, 4) is 5.75 Å². The molecule has 194 valence electrons. The highest BCUT2D eigenvalue weighted by Crippen LogP contribution is 2.68. The van der Waals surface area contributed by atoms with Crippen LogP contribution in [0.15, 0.2) is 58.4 Å². The second-order valence-electron chi connectivity index (χ2n) is 10.7. The molecule has 3 N–H and O–H groups in total. The van der Waals surface area contributed by atoms with Crippen molar-refractivity contribution in [2.24, 2.45) is 29.6 Å². The number of thiazole rings is 1. The molecule has 2 aromatic carbocycles. The summed E-state index contributed by atoms with van der Waals surface area (Å²) in [5.74, 6) is -1.65. The zero-order valence-corrected chi connectivity index (χ0v) is 22.1. The predicted octanol–water partition coefficient (Wildman–Crippen LogP) is 3.56. The highest BCUT2D eigenvalue weighted by atomic mass is 32.2. The Morgan fingerprint density at radius 2 is 1.71 bits per heavy atom. The zero-order valence-electron chi connectivity index (χ0n) is 20.4. The molecule has 1 saturated heterocycles. The number of hydrogen-bond donors (Lipinski definition) is 3. The molecule has 1 aromatic heterocycles. The van der Waals surface area contributed by atoms with E-state index in [0.717, 1.165) is 32.4 Å². The molecule has 7 unspecified atom stereocenters. The number of fused-ring (bicyclic) bond motifs is 9. The minimum absolute atomic E-state index is 0.00206. The number of carbonyl (C=O) groups is 3. The number of nitrogens with one attached hydrogen (secondary N) is 2. The monoisotopic (exact) mass is 547 g/mol. The first-order valence-electron chi connectivity index (χ1n) is 12.7. The SMILES string of the molecule is Cc1ccc(NC(=O)CN2C(=O)C3C4CC(C3C2=O)C2C(c3ccc(O)cc3)c3sc(=O)[nH]c3SC42)cc1. The standard InChI is InChI=1S/C28H25N3O5S2/c1-12-2-6-14(7-3-12)29-18(33)11-31-26(34)21-16-10-17(22(21)27(31)35)23-20(16)19(13-4-8-15(32)9-5-13)24-25(37-23)30-28(36)38-24/h2-9,16-17,19-23,32H,10-11H2,1H3,(H,29,33)(H,30,36). The molecule has 4 aliphatic rings. The molecule has 7 rings (SSSR count). The van der Waals surface area contributed by atoms with Gasteiger partial charge in [0.05, 0.1) is 16.9 Å². The van der Waals surface area contributed by atoms with Crippen molar-refractivity contribution in [2.75, 3.05) is 11.9 Å². The molecular weight excluding hydrogens is 522 g/mol. The Bertz CT molecular complexity index is 1530. The molecular formula is C28H25N3O5S2. The Kier molecular flexibility index (Phi) is 5.35. The average Bonchev–Trinajstić information content (AvgIpc) is 3.62. The number of H-pyrrole nitrogens is 1. The number of phenols is 1. The van der Waals surface area contributed by atoms with Crippen LogP contribution >= 0.6 is 23.1 Å². The number of aromatic hydroxyl groups is 1. The molecule has 3 amide bonds. The van der Waals surface area contributed by atoms with Crippen LogP contribution in [0.4, 0.5) is 5.69 Å². The maximum absolute atomic E-state index is 13.7. The summed E-state index contributed by atoms with van der Waals surface area (Å²) in [5.41, 5.74) is 2.68. The zero-order chi connectivity index (χ0) is 26.3. The predicted molar refractivity (Wildman–Crippen MR) is 143 cm³/mol. The summed E-state index contributed by atoms with van der Waals surface area (Å²) in [7, 11) is 0. The quantitative estimate of drug-likeness (QED) is 0.430. The number of imide groups is 1. The second kappa shape index (κ2) is 8.57. The van der Waals surface area contributed by atoms with Crippen LogP contribution in [0.25, 0.3) is 0 Å². The van der Waals surface area contributed by atoms with E-state index < -0.39 is 17.7 Å². The van der Waals surface area contributed by atoms with Gasteiger partial charge in [0.1, 0.15) is 12.3 Å². The van der Waals surface area contributed by atoms with Crippen molar-refractivity contribution >= 4 is 46.5 Å². The van der Waals surface area contributed by atoms with E-state index in [1.165, 1.54) is 11.3 Å². The second-order valence-corrected chi connectivity index (χ2v) is 12.9. The lowest BCUT2D eigenvalue weighted by molar-refractivity contribution is -0.143. The van der Waals surface area contributed by atoms with Crippen LogP contribution in [-0.2, 0) is 14.4 Å². The fourth-order valence-corrected chi connectivity index (χ4v) is 10.2. The Hall–Kier alpha value is -3.37. The average molecular weight is 548 g/mol. The van der Waals surface area contributed by atoms with Gasteiger partial charge in [-0.2, -0.15) is 0 Å². The first-order valence-corrected chi connectivity index (χ1v) is 14.4. The summed E-state index contributed by atoms with van der Waals surface area (Å²) in [4.78, 5) is 57.3. The number of likely N-dealkylation sites (tertiary alicyclic amines) is 1. The molecule has 38 heavy (non-hydrogen) atoms. The van der Waals surface area contributed by atoms with Gasteiger partial charge in [0, 0.05) is 21.7 Å². The molecule has 2 aliphatic carbocycles. The summed E-state index contributed by atoms with van der Waals surface area (Å²) in [5, 5.41) is 13.6. The highest BCUT2D eigenvalue weighted by molar-refractivity contribution is 8.00. The van der Waals surface area contributed by atoms with Crippen LogP contribution < -0.4 is 10.2 Å². The molecule has 10 heteroatoms. The van der Waals surface area contributed by atoms with Crippen LogP contribution in [0.5, 0.6) is 5.75 Å². The number of phenolic OH excluding ortho intramolecular Hbond substituents is 1. The number of benzene rings is 2. The molecule has 0 spiro atoms. The Labute approximate surface area is 226 Å². The first kappa shape index (κ1) is 23.7. The van der Waals surface area contributed by atoms with Crippen LogP contribution in [0.2, 0.25) is 0 Å². The summed E-state index contributed by atoms with van der Waals surface area (Å²) in [6.07, 6.45) is 0.784. The number of anilines is 1. The van der Waals surface area contributed by atoms with E-state index in [4.69, 9.17) is 0 Å². The molecule has 2 saturated carbocycles. The molecule has 0 radical (unpaired) electrons. The van der Waals surface area contributed by atoms with Crippen LogP contribution in [-0.4, -0.2) is 44.5 Å². The number of nitrogens with zero attached hydrogens (tertiary/aromatic N) is 1. The number of amides is 3. The van der Waals surface area contributed by atoms with E-state index in [1.807, 2.05) is 31.2 Å². The number of aryl methyl sites for hydroxylation is 1. The topological polar surface area (TPSA) is 120 Å². The summed E-state index contributed by atoms with van der Waals surface area (Å²) >= 11 is 2.83. The molecule has 3 heterocycles. The van der Waals surface area contributed by atoms with Crippen LogP contribution in [0.1, 0.15) is 28.3 Å². The van der Waals surface area contributed by atoms with Gasteiger partial charge in [0.25, 0.3) is 0 Å². The number of thioether (sulfide) groups is 1. The Morgan fingerprint density at radius 3 is 2.42 bits per heavy atom. The third kappa shape index (κ3) is 3.50. The Balaban J connectivity index is 1.19. The first-order chi connectivity index (χ1) is 18.3.